The van der Waals surface area contributed by atoms with Crippen LogP contribution in [0.5, 0.6) is 0 Å². The molecule has 16 heavy (non-hydrogen) atoms. The topological polar surface area (TPSA) is 38.1 Å². The number of aromatic nitrogens is 2. The molecule has 4 heteroatoms. The summed E-state index contributed by atoms with van der Waals surface area (Å²) in [6, 6.07) is 0. The number of rotatable bonds is 1. The van der Waals surface area contributed by atoms with Gasteiger partial charge in [0.2, 0.25) is 0 Å². The number of hydrogen-bond donors (Lipinski definition) is 0. The van der Waals surface area contributed by atoms with E-state index in [1.54, 1.807) is 10.9 Å². The Morgan fingerprint density at radius 1 is 1.56 bits per heavy atom. The zero-order valence-corrected chi connectivity index (χ0v) is 10.2. The number of nitrogens with zero attached hydrogens (tertiary/aromatic N) is 3. The number of carbonyl (C=O) groups excluding carboxylic acids is 1. The molecule has 2 heterocycles. The van der Waals surface area contributed by atoms with Crippen molar-refractivity contribution in [1.29, 1.82) is 0 Å². The van der Waals surface area contributed by atoms with Crippen LogP contribution >= 0.6 is 0 Å². The molecule has 1 atom stereocenters. The average Bonchev–Trinajstić information content (AvgIpc) is 2.59. The van der Waals surface area contributed by atoms with Gasteiger partial charge in [-0.2, -0.15) is 5.10 Å². The molecule has 1 aliphatic heterocycles. The van der Waals surface area contributed by atoms with Crippen LogP contribution in [0.25, 0.3) is 0 Å². The predicted molar refractivity (Wildman–Crippen MR) is 62.2 cm³/mol. The van der Waals surface area contributed by atoms with Gasteiger partial charge in [0.25, 0.3) is 5.91 Å². The molecule has 1 saturated heterocycles. The van der Waals surface area contributed by atoms with Gasteiger partial charge in [0.05, 0.1) is 11.8 Å². The van der Waals surface area contributed by atoms with E-state index in [0.29, 0.717) is 5.92 Å². The van der Waals surface area contributed by atoms with Crippen LogP contribution in [0.1, 0.15) is 35.8 Å². The second-order valence-electron chi connectivity index (χ2n) is 4.77. The Labute approximate surface area is 96.2 Å². The van der Waals surface area contributed by atoms with Crippen molar-refractivity contribution >= 4 is 5.91 Å². The molecule has 0 aliphatic carbocycles. The summed E-state index contributed by atoms with van der Waals surface area (Å²) < 4.78 is 1.75. The summed E-state index contributed by atoms with van der Waals surface area (Å²) in [6.07, 6.45) is 4.03. The lowest BCUT2D eigenvalue weighted by Gasteiger charge is -2.30. The van der Waals surface area contributed by atoms with Crippen LogP contribution < -0.4 is 0 Å². The quantitative estimate of drug-likeness (QED) is 0.722. The first-order chi connectivity index (χ1) is 7.59. The van der Waals surface area contributed by atoms with Gasteiger partial charge in [-0.25, -0.2) is 0 Å². The highest BCUT2D eigenvalue weighted by Crippen LogP contribution is 2.18. The van der Waals surface area contributed by atoms with Crippen LogP contribution in [0.2, 0.25) is 0 Å². The van der Waals surface area contributed by atoms with E-state index in [9.17, 15) is 4.79 Å². The van der Waals surface area contributed by atoms with Crippen molar-refractivity contribution in [2.45, 2.75) is 26.7 Å². The van der Waals surface area contributed by atoms with Gasteiger partial charge in [-0.05, 0) is 25.7 Å². The van der Waals surface area contributed by atoms with E-state index in [1.807, 2.05) is 18.9 Å². The fourth-order valence-electron chi connectivity index (χ4n) is 2.25. The zero-order valence-electron chi connectivity index (χ0n) is 10.2. The first-order valence-corrected chi connectivity index (χ1v) is 5.87. The lowest BCUT2D eigenvalue weighted by molar-refractivity contribution is 0.0682. The van der Waals surface area contributed by atoms with E-state index in [-0.39, 0.29) is 5.91 Å². The van der Waals surface area contributed by atoms with Gasteiger partial charge in [0, 0.05) is 25.8 Å². The fraction of sp³-hybridized carbons (Fsp3) is 0.667. The van der Waals surface area contributed by atoms with Crippen LogP contribution in [-0.4, -0.2) is 33.7 Å². The summed E-state index contributed by atoms with van der Waals surface area (Å²) in [5.74, 6) is 0.756. The lowest BCUT2D eigenvalue weighted by atomic mass is 9.99. The van der Waals surface area contributed by atoms with Gasteiger partial charge < -0.3 is 4.90 Å². The van der Waals surface area contributed by atoms with Gasteiger partial charge in [-0.3, -0.25) is 9.48 Å². The Kier molecular flexibility index (Phi) is 2.99. The van der Waals surface area contributed by atoms with Crippen LogP contribution in [0, 0.1) is 12.8 Å². The first kappa shape index (κ1) is 11.2. The van der Waals surface area contributed by atoms with E-state index >= 15 is 0 Å². The van der Waals surface area contributed by atoms with Gasteiger partial charge in [0.1, 0.15) is 0 Å². The molecule has 0 N–H and O–H groups in total. The Hall–Kier alpha value is -1.32. The zero-order chi connectivity index (χ0) is 11.7. The molecule has 1 fully saturated rings. The van der Waals surface area contributed by atoms with Crippen molar-refractivity contribution in [1.82, 2.24) is 14.7 Å². The largest absolute Gasteiger partial charge is 0.338 e. The van der Waals surface area contributed by atoms with Gasteiger partial charge in [0.15, 0.2) is 0 Å². The minimum atomic E-state index is 0.136. The SMILES string of the molecule is Cc1c(C(=O)N2CCCC(C)C2)cnn1C. The lowest BCUT2D eigenvalue weighted by Crippen LogP contribution is -2.39. The van der Waals surface area contributed by atoms with Crippen molar-refractivity contribution in [3.05, 3.63) is 17.5 Å². The van der Waals surface area contributed by atoms with Crippen molar-refractivity contribution in [3.63, 3.8) is 0 Å². The summed E-state index contributed by atoms with van der Waals surface area (Å²) in [7, 11) is 1.87. The minimum absolute atomic E-state index is 0.136. The minimum Gasteiger partial charge on any atom is -0.338 e. The van der Waals surface area contributed by atoms with E-state index < -0.39 is 0 Å². The van der Waals surface area contributed by atoms with Gasteiger partial charge in [-0.15, -0.1) is 0 Å². The first-order valence-electron chi connectivity index (χ1n) is 5.87. The van der Waals surface area contributed by atoms with Crippen LogP contribution in [-0.2, 0) is 7.05 Å². The van der Waals surface area contributed by atoms with Crippen molar-refractivity contribution in [2.75, 3.05) is 13.1 Å². The molecular formula is C12H19N3O. The Morgan fingerprint density at radius 2 is 2.31 bits per heavy atom. The van der Waals surface area contributed by atoms with Gasteiger partial charge >= 0.3 is 0 Å². The number of likely N-dealkylation sites (tertiary alicyclic amines) is 1. The standard InChI is InChI=1S/C12H19N3O/c1-9-5-4-6-15(8-9)12(16)11-7-13-14(3)10(11)2/h7,9H,4-6,8H2,1-3H3. The maximum absolute atomic E-state index is 12.3. The van der Waals surface area contributed by atoms with Crippen LogP contribution in [0.3, 0.4) is 0 Å². The molecule has 4 nitrogen and oxygen atoms in total. The molecule has 1 aliphatic rings. The number of amides is 1. The number of aryl methyl sites for hydroxylation is 1. The average molecular weight is 221 g/mol. The van der Waals surface area contributed by atoms with E-state index in [4.69, 9.17) is 0 Å². The van der Waals surface area contributed by atoms with Crippen molar-refractivity contribution < 1.29 is 4.79 Å². The summed E-state index contributed by atoms with van der Waals surface area (Å²) in [4.78, 5) is 14.2. The number of carbonyl (C=O) groups is 1. The number of piperidine rings is 1. The monoisotopic (exact) mass is 221 g/mol. The molecule has 1 aromatic rings. The van der Waals surface area contributed by atoms with E-state index in [0.717, 1.165) is 30.8 Å². The molecule has 0 saturated carbocycles. The molecule has 0 bridgehead atoms. The molecule has 1 amide bonds. The highest BCUT2D eigenvalue weighted by Gasteiger charge is 2.24. The van der Waals surface area contributed by atoms with E-state index in [2.05, 4.69) is 12.0 Å². The van der Waals surface area contributed by atoms with Crippen molar-refractivity contribution in [3.8, 4) is 0 Å². The van der Waals surface area contributed by atoms with E-state index in [1.165, 1.54) is 6.42 Å². The molecule has 0 aromatic carbocycles. The predicted octanol–water partition coefficient (Wildman–Crippen LogP) is 1.60. The summed E-state index contributed by atoms with van der Waals surface area (Å²) in [5, 5.41) is 4.12. The molecular weight excluding hydrogens is 202 g/mol. The van der Waals surface area contributed by atoms with Crippen LogP contribution in [0.4, 0.5) is 0 Å². The van der Waals surface area contributed by atoms with Crippen LogP contribution in [0.15, 0.2) is 6.20 Å². The molecule has 1 unspecified atom stereocenters. The summed E-state index contributed by atoms with van der Waals surface area (Å²) >= 11 is 0. The highest BCUT2D eigenvalue weighted by atomic mass is 16.2. The Morgan fingerprint density at radius 3 is 2.88 bits per heavy atom. The summed E-state index contributed by atoms with van der Waals surface area (Å²) in [5.41, 5.74) is 1.69. The second-order valence-corrected chi connectivity index (χ2v) is 4.77. The normalized spacial score (nSPS) is 21.2. The molecule has 2 rings (SSSR count). The third-order valence-electron chi connectivity index (χ3n) is 3.41. The maximum Gasteiger partial charge on any atom is 0.257 e. The third kappa shape index (κ3) is 1.96. The molecule has 0 radical (unpaired) electrons. The summed E-state index contributed by atoms with van der Waals surface area (Å²) in [6.45, 7) is 5.91. The molecule has 1 aromatic heterocycles. The fourth-order valence-corrected chi connectivity index (χ4v) is 2.25. The van der Waals surface area contributed by atoms with Gasteiger partial charge in [-0.1, -0.05) is 6.92 Å². The molecule has 88 valence electrons. The van der Waals surface area contributed by atoms with Crippen molar-refractivity contribution in [2.24, 2.45) is 13.0 Å². The second kappa shape index (κ2) is 4.28. The Bertz CT molecular complexity index is 397. The highest BCUT2D eigenvalue weighted by molar-refractivity contribution is 5.95. The third-order valence-corrected chi connectivity index (χ3v) is 3.41. The molecule has 0 spiro atoms. The number of hydrogen-bond acceptors (Lipinski definition) is 2. The maximum atomic E-state index is 12.3. The Balaban J connectivity index is 2.15. The smallest absolute Gasteiger partial charge is 0.257 e.